The Morgan fingerprint density at radius 1 is 1.38 bits per heavy atom. The molecule has 0 spiro atoms. The molecule has 4 heteroatoms. The first-order valence-electron chi connectivity index (χ1n) is 5.24. The Morgan fingerprint density at radius 3 is 2.50 bits per heavy atom. The summed E-state index contributed by atoms with van der Waals surface area (Å²) in [5.74, 6) is 0.110. The van der Waals surface area contributed by atoms with Crippen LogP contribution in [-0.2, 0) is 0 Å². The van der Waals surface area contributed by atoms with E-state index in [0.29, 0.717) is 11.3 Å². The van der Waals surface area contributed by atoms with Gasteiger partial charge in [-0.2, -0.15) is 0 Å². The predicted molar refractivity (Wildman–Crippen MR) is 60.7 cm³/mol. The highest BCUT2D eigenvalue weighted by Gasteiger charge is 2.23. The van der Waals surface area contributed by atoms with E-state index >= 15 is 0 Å². The molecule has 0 aliphatic rings. The highest BCUT2D eigenvalue weighted by atomic mass is 19.1. The number of nitrogens with two attached hydrogens (primary N) is 1. The number of ether oxygens (including phenoxy) is 1. The van der Waals surface area contributed by atoms with E-state index in [0.717, 1.165) is 0 Å². The van der Waals surface area contributed by atoms with E-state index in [9.17, 15) is 9.50 Å². The minimum atomic E-state index is -0.726. The number of hydrogen-bond donors (Lipinski definition) is 2. The van der Waals surface area contributed by atoms with Crippen molar-refractivity contribution in [3.63, 3.8) is 0 Å². The molecule has 1 aromatic carbocycles. The van der Waals surface area contributed by atoms with Gasteiger partial charge in [-0.25, -0.2) is 4.39 Å². The van der Waals surface area contributed by atoms with Crippen molar-refractivity contribution in [3.8, 4) is 5.75 Å². The summed E-state index contributed by atoms with van der Waals surface area (Å²) in [7, 11) is 1.49. The van der Waals surface area contributed by atoms with E-state index in [-0.39, 0.29) is 11.7 Å². The third-order valence-electron chi connectivity index (χ3n) is 2.60. The molecule has 3 N–H and O–H groups in total. The third kappa shape index (κ3) is 2.71. The molecule has 90 valence electrons. The molecular weight excluding hydrogens is 209 g/mol. The van der Waals surface area contributed by atoms with Gasteiger partial charge in [-0.3, -0.25) is 0 Å². The summed E-state index contributed by atoms with van der Waals surface area (Å²) in [6, 6.07) is 3.47. The molecule has 0 aromatic heterocycles. The first-order chi connectivity index (χ1) is 7.47. The fraction of sp³-hybridized carbons (Fsp3) is 0.500. The van der Waals surface area contributed by atoms with Gasteiger partial charge < -0.3 is 15.6 Å². The SMILES string of the molecule is COc1ccc(F)cc1[C@@H](N)[C@@H](O)C(C)C. The molecule has 0 bridgehead atoms. The van der Waals surface area contributed by atoms with Crippen LogP contribution in [0.15, 0.2) is 18.2 Å². The van der Waals surface area contributed by atoms with Gasteiger partial charge in [0.05, 0.1) is 19.3 Å². The molecular formula is C12H18FNO2. The van der Waals surface area contributed by atoms with Crippen LogP contribution in [0.2, 0.25) is 0 Å². The van der Waals surface area contributed by atoms with Crippen LogP contribution in [0.5, 0.6) is 5.75 Å². The maximum Gasteiger partial charge on any atom is 0.123 e. The molecule has 0 saturated carbocycles. The van der Waals surface area contributed by atoms with Gasteiger partial charge in [0.1, 0.15) is 11.6 Å². The van der Waals surface area contributed by atoms with Crippen LogP contribution in [0.3, 0.4) is 0 Å². The molecule has 0 heterocycles. The van der Waals surface area contributed by atoms with Gasteiger partial charge in [-0.15, -0.1) is 0 Å². The van der Waals surface area contributed by atoms with Crippen molar-refractivity contribution < 1.29 is 14.2 Å². The van der Waals surface area contributed by atoms with Crippen molar-refractivity contribution in [1.82, 2.24) is 0 Å². The summed E-state index contributed by atoms with van der Waals surface area (Å²) < 4.78 is 18.2. The number of aliphatic hydroxyl groups is 1. The zero-order chi connectivity index (χ0) is 12.3. The summed E-state index contributed by atoms with van der Waals surface area (Å²) in [4.78, 5) is 0. The Balaban J connectivity index is 3.05. The lowest BCUT2D eigenvalue weighted by Gasteiger charge is -2.23. The van der Waals surface area contributed by atoms with Crippen LogP contribution in [0.1, 0.15) is 25.5 Å². The fourth-order valence-corrected chi connectivity index (χ4v) is 1.56. The molecule has 16 heavy (non-hydrogen) atoms. The molecule has 1 aromatic rings. The van der Waals surface area contributed by atoms with Gasteiger partial charge in [-0.1, -0.05) is 13.8 Å². The number of benzene rings is 1. The van der Waals surface area contributed by atoms with E-state index in [1.165, 1.54) is 25.3 Å². The predicted octanol–water partition coefficient (Wildman–Crippen LogP) is 1.85. The zero-order valence-electron chi connectivity index (χ0n) is 9.77. The van der Waals surface area contributed by atoms with Crippen LogP contribution in [-0.4, -0.2) is 18.3 Å². The van der Waals surface area contributed by atoms with Gasteiger partial charge in [0.15, 0.2) is 0 Å². The Hall–Kier alpha value is -1.13. The zero-order valence-corrected chi connectivity index (χ0v) is 9.77. The largest absolute Gasteiger partial charge is 0.496 e. The van der Waals surface area contributed by atoms with Gasteiger partial charge >= 0.3 is 0 Å². The van der Waals surface area contributed by atoms with Crippen molar-refractivity contribution in [2.24, 2.45) is 11.7 Å². The number of hydrogen-bond acceptors (Lipinski definition) is 3. The monoisotopic (exact) mass is 227 g/mol. The second kappa shape index (κ2) is 5.27. The lowest BCUT2D eigenvalue weighted by molar-refractivity contribution is 0.0968. The molecule has 3 nitrogen and oxygen atoms in total. The van der Waals surface area contributed by atoms with Crippen LogP contribution >= 0.6 is 0 Å². The molecule has 0 fully saturated rings. The summed E-state index contributed by atoms with van der Waals surface area (Å²) in [5.41, 5.74) is 6.38. The normalized spacial score (nSPS) is 14.9. The average molecular weight is 227 g/mol. The van der Waals surface area contributed by atoms with Gasteiger partial charge in [0, 0.05) is 5.56 Å². The van der Waals surface area contributed by atoms with E-state index < -0.39 is 12.1 Å². The van der Waals surface area contributed by atoms with Crippen molar-refractivity contribution in [2.75, 3.05) is 7.11 Å². The summed E-state index contributed by atoms with van der Waals surface area (Å²) in [6.07, 6.45) is -0.726. The lowest BCUT2D eigenvalue weighted by Crippen LogP contribution is -2.30. The van der Waals surface area contributed by atoms with Gasteiger partial charge in [-0.05, 0) is 24.1 Å². The topological polar surface area (TPSA) is 55.5 Å². The third-order valence-corrected chi connectivity index (χ3v) is 2.60. The van der Waals surface area contributed by atoms with Crippen molar-refractivity contribution in [2.45, 2.75) is 26.0 Å². The fourth-order valence-electron chi connectivity index (χ4n) is 1.56. The van der Waals surface area contributed by atoms with Crippen LogP contribution in [0.25, 0.3) is 0 Å². The summed E-state index contributed by atoms with van der Waals surface area (Å²) in [5, 5.41) is 9.86. The molecule has 0 aliphatic carbocycles. The Kier molecular flexibility index (Phi) is 4.26. The molecule has 0 radical (unpaired) electrons. The molecule has 0 saturated heterocycles. The van der Waals surface area contributed by atoms with E-state index in [1.807, 2.05) is 13.8 Å². The van der Waals surface area contributed by atoms with Crippen LogP contribution in [0, 0.1) is 11.7 Å². The number of methoxy groups -OCH3 is 1. The smallest absolute Gasteiger partial charge is 0.123 e. The Labute approximate surface area is 95.0 Å². The molecule has 0 aliphatic heterocycles. The minimum Gasteiger partial charge on any atom is -0.496 e. The van der Waals surface area contributed by atoms with E-state index in [2.05, 4.69) is 0 Å². The molecule has 2 atom stereocenters. The number of aliphatic hydroxyl groups excluding tert-OH is 1. The summed E-state index contributed by atoms with van der Waals surface area (Å²) >= 11 is 0. The van der Waals surface area contributed by atoms with E-state index in [1.54, 1.807) is 0 Å². The van der Waals surface area contributed by atoms with E-state index in [4.69, 9.17) is 10.5 Å². The minimum absolute atomic E-state index is 0.00275. The summed E-state index contributed by atoms with van der Waals surface area (Å²) in [6.45, 7) is 3.71. The van der Waals surface area contributed by atoms with Crippen LogP contribution in [0.4, 0.5) is 4.39 Å². The Morgan fingerprint density at radius 2 is 2.00 bits per heavy atom. The molecule has 0 amide bonds. The first-order valence-corrected chi connectivity index (χ1v) is 5.24. The van der Waals surface area contributed by atoms with Crippen molar-refractivity contribution >= 4 is 0 Å². The quantitative estimate of drug-likeness (QED) is 0.825. The first kappa shape index (κ1) is 12.9. The molecule has 1 rings (SSSR count). The molecule has 0 unspecified atom stereocenters. The second-order valence-corrected chi connectivity index (χ2v) is 4.15. The Bertz CT molecular complexity index is 355. The van der Waals surface area contributed by atoms with Crippen molar-refractivity contribution in [3.05, 3.63) is 29.6 Å². The van der Waals surface area contributed by atoms with Gasteiger partial charge in [0.25, 0.3) is 0 Å². The average Bonchev–Trinajstić information content (AvgIpc) is 2.26. The van der Waals surface area contributed by atoms with Crippen LogP contribution < -0.4 is 10.5 Å². The maximum absolute atomic E-state index is 13.1. The second-order valence-electron chi connectivity index (χ2n) is 4.15. The van der Waals surface area contributed by atoms with Gasteiger partial charge in [0.2, 0.25) is 0 Å². The van der Waals surface area contributed by atoms with Crippen molar-refractivity contribution in [1.29, 1.82) is 0 Å². The number of rotatable bonds is 4. The standard InChI is InChI=1S/C12H18FNO2/c1-7(2)12(15)11(14)9-6-8(13)4-5-10(9)16-3/h4-7,11-12,15H,14H2,1-3H3/t11-,12+/m1/s1. The highest BCUT2D eigenvalue weighted by molar-refractivity contribution is 5.37. The lowest BCUT2D eigenvalue weighted by atomic mass is 9.94. The maximum atomic E-state index is 13.1. The highest BCUT2D eigenvalue weighted by Crippen LogP contribution is 2.28. The number of halogens is 1.